The molecule has 3 rings (SSSR count). The van der Waals surface area contributed by atoms with Gasteiger partial charge < -0.3 is 16.2 Å². The predicted octanol–water partition coefficient (Wildman–Crippen LogP) is 3.07. The molecule has 0 radical (unpaired) electrons. The fourth-order valence-corrected chi connectivity index (χ4v) is 3.31. The zero-order valence-electron chi connectivity index (χ0n) is 13.7. The minimum absolute atomic E-state index is 0. The Morgan fingerprint density at radius 1 is 1.12 bits per heavy atom. The van der Waals surface area contributed by atoms with Gasteiger partial charge in [0.25, 0.3) is 0 Å². The van der Waals surface area contributed by atoms with Crippen LogP contribution in [0.5, 0.6) is 0 Å². The number of nitrogens with two attached hydrogens (primary N) is 1. The summed E-state index contributed by atoms with van der Waals surface area (Å²) >= 11 is 0. The summed E-state index contributed by atoms with van der Waals surface area (Å²) in [7, 11) is 0. The number of hydrogen-bond donors (Lipinski definition) is 3. The molecule has 1 aliphatic carbocycles. The normalized spacial score (nSPS) is 17.8. The van der Waals surface area contributed by atoms with Crippen molar-refractivity contribution in [2.24, 2.45) is 5.73 Å². The van der Waals surface area contributed by atoms with Crippen molar-refractivity contribution in [2.45, 2.75) is 43.7 Å². The van der Waals surface area contributed by atoms with Crippen LogP contribution >= 0.6 is 12.4 Å². The lowest BCUT2D eigenvalue weighted by Gasteiger charge is -2.32. The fraction of sp³-hybridized carbons (Fsp3) is 0.421. The Bertz CT molecular complexity index is 699. The van der Waals surface area contributed by atoms with E-state index in [2.05, 4.69) is 5.32 Å². The molecule has 2 aromatic carbocycles. The third-order valence-corrected chi connectivity index (χ3v) is 4.81. The molecular formula is C19H25ClN2O2. The van der Waals surface area contributed by atoms with E-state index in [1.165, 1.54) is 0 Å². The van der Waals surface area contributed by atoms with Crippen LogP contribution in [0.1, 0.15) is 43.8 Å². The van der Waals surface area contributed by atoms with Gasteiger partial charge in [0.1, 0.15) is 0 Å². The lowest BCUT2D eigenvalue weighted by Crippen LogP contribution is -2.55. The van der Waals surface area contributed by atoms with Crippen molar-refractivity contribution >= 4 is 29.1 Å². The maximum atomic E-state index is 12.3. The molecule has 1 aliphatic rings. The van der Waals surface area contributed by atoms with E-state index in [4.69, 9.17) is 5.73 Å². The monoisotopic (exact) mass is 348 g/mol. The molecule has 0 saturated heterocycles. The number of aliphatic hydroxyl groups excluding tert-OH is 1. The number of nitrogens with one attached hydrogen (secondary N) is 1. The van der Waals surface area contributed by atoms with E-state index >= 15 is 0 Å². The van der Waals surface area contributed by atoms with Gasteiger partial charge in [0.05, 0.1) is 11.6 Å². The van der Waals surface area contributed by atoms with E-state index in [-0.39, 0.29) is 24.9 Å². The molecule has 1 saturated carbocycles. The standard InChI is InChI=1S/C19H24N2O2.ClH/c20-19(10-4-1-5-11-19)18(23)21-13-17(22)16-9-8-14-6-2-3-7-15(14)12-16;/h2-3,6-9,12,17,22H,1,4-5,10-11,13,20H2,(H,21,23);1H. The summed E-state index contributed by atoms with van der Waals surface area (Å²) in [6, 6.07) is 13.9. The molecule has 2 aromatic rings. The molecule has 0 aliphatic heterocycles. The maximum Gasteiger partial charge on any atom is 0.240 e. The maximum absolute atomic E-state index is 12.3. The third kappa shape index (κ3) is 4.07. The predicted molar refractivity (Wildman–Crippen MR) is 99.2 cm³/mol. The number of carbonyl (C=O) groups is 1. The van der Waals surface area contributed by atoms with Crippen LogP contribution in [0.4, 0.5) is 0 Å². The van der Waals surface area contributed by atoms with Crippen molar-refractivity contribution in [3.8, 4) is 0 Å². The van der Waals surface area contributed by atoms with Crippen LogP contribution in [-0.4, -0.2) is 23.1 Å². The van der Waals surface area contributed by atoms with Crippen molar-refractivity contribution in [2.75, 3.05) is 6.54 Å². The second kappa shape index (κ2) is 7.97. The Labute approximate surface area is 148 Å². The van der Waals surface area contributed by atoms with Gasteiger partial charge in [0.2, 0.25) is 5.91 Å². The largest absolute Gasteiger partial charge is 0.387 e. The number of halogens is 1. The molecule has 1 amide bonds. The van der Waals surface area contributed by atoms with E-state index in [9.17, 15) is 9.90 Å². The molecule has 0 heterocycles. The average molecular weight is 349 g/mol. The number of benzene rings is 2. The van der Waals surface area contributed by atoms with Gasteiger partial charge in [-0.15, -0.1) is 12.4 Å². The summed E-state index contributed by atoms with van der Waals surface area (Å²) in [6.07, 6.45) is 3.87. The van der Waals surface area contributed by atoms with E-state index in [1.54, 1.807) is 0 Å². The highest BCUT2D eigenvalue weighted by atomic mass is 35.5. The lowest BCUT2D eigenvalue weighted by molar-refractivity contribution is -0.128. The first-order valence-electron chi connectivity index (χ1n) is 8.32. The highest BCUT2D eigenvalue weighted by Gasteiger charge is 2.35. The average Bonchev–Trinajstić information content (AvgIpc) is 2.59. The van der Waals surface area contributed by atoms with Crippen LogP contribution in [0, 0.1) is 0 Å². The molecule has 5 heteroatoms. The number of aliphatic hydroxyl groups is 1. The Morgan fingerprint density at radius 3 is 2.50 bits per heavy atom. The number of fused-ring (bicyclic) bond motifs is 1. The third-order valence-electron chi connectivity index (χ3n) is 4.81. The van der Waals surface area contributed by atoms with E-state index in [0.29, 0.717) is 0 Å². The Kier molecular flexibility index (Phi) is 6.21. The molecule has 0 aromatic heterocycles. The van der Waals surface area contributed by atoms with Gasteiger partial charge in [-0.1, -0.05) is 55.7 Å². The van der Waals surface area contributed by atoms with Crippen LogP contribution < -0.4 is 11.1 Å². The highest BCUT2D eigenvalue weighted by Crippen LogP contribution is 2.26. The number of carbonyl (C=O) groups excluding carboxylic acids is 1. The van der Waals surface area contributed by atoms with Gasteiger partial charge in [-0.3, -0.25) is 4.79 Å². The Balaban J connectivity index is 0.00000208. The summed E-state index contributed by atoms with van der Waals surface area (Å²) in [4.78, 5) is 12.3. The van der Waals surface area contributed by atoms with Crippen LogP contribution in [0.2, 0.25) is 0 Å². The molecular weight excluding hydrogens is 324 g/mol. The fourth-order valence-electron chi connectivity index (χ4n) is 3.31. The van der Waals surface area contributed by atoms with Crippen LogP contribution in [0.15, 0.2) is 42.5 Å². The van der Waals surface area contributed by atoms with Gasteiger partial charge in [-0.2, -0.15) is 0 Å². The van der Waals surface area contributed by atoms with E-state index < -0.39 is 11.6 Å². The molecule has 4 nitrogen and oxygen atoms in total. The second-order valence-electron chi connectivity index (χ2n) is 6.55. The smallest absolute Gasteiger partial charge is 0.240 e. The van der Waals surface area contributed by atoms with Gasteiger partial charge in [-0.05, 0) is 35.2 Å². The highest BCUT2D eigenvalue weighted by molar-refractivity contribution is 5.86. The van der Waals surface area contributed by atoms with E-state index in [0.717, 1.165) is 48.4 Å². The zero-order chi connectivity index (χ0) is 16.3. The Hall–Kier alpha value is -1.62. The Morgan fingerprint density at radius 2 is 1.79 bits per heavy atom. The first-order valence-corrected chi connectivity index (χ1v) is 8.32. The molecule has 0 bridgehead atoms. The van der Waals surface area contributed by atoms with Crippen molar-refractivity contribution in [3.63, 3.8) is 0 Å². The van der Waals surface area contributed by atoms with Crippen molar-refractivity contribution in [1.82, 2.24) is 5.32 Å². The summed E-state index contributed by atoms with van der Waals surface area (Å²) < 4.78 is 0. The molecule has 0 spiro atoms. The number of amides is 1. The lowest BCUT2D eigenvalue weighted by atomic mass is 9.82. The van der Waals surface area contributed by atoms with Crippen LogP contribution in [-0.2, 0) is 4.79 Å². The molecule has 1 atom stereocenters. The summed E-state index contributed by atoms with van der Waals surface area (Å²) in [5, 5.41) is 15.4. The summed E-state index contributed by atoms with van der Waals surface area (Å²) in [6.45, 7) is 0.191. The zero-order valence-corrected chi connectivity index (χ0v) is 14.5. The number of hydrogen-bond acceptors (Lipinski definition) is 3. The second-order valence-corrected chi connectivity index (χ2v) is 6.55. The molecule has 4 N–H and O–H groups in total. The van der Waals surface area contributed by atoms with Gasteiger partial charge in [0, 0.05) is 6.54 Å². The van der Waals surface area contributed by atoms with Crippen molar-refractivity contribution in [1.29, 1.82) is 0 Å². The van der Waals surface area contributed by atoms with Gasteiger partial charge in [-0.25, -0.2) is 0 Å². The topological polar surface area (TPSA) is 75.4 Å². The SMILES string of the molecule is Cl.NC1(C(=O)NCC(O)c2ccc3ccccc3c2)CCCCC1. The van der Waals surface area contributed by atoms with Crippen LogP contribution in [0.25, 0.3) is 10.8 Å². The summed E-state index contributed by atoms with van der Waals surface area (Å²) in [5.41, 5.74) is 6.25. The first kappa shape index (κ1) is 18.7. The quantitative estimate of drug-likeness (QED) is 0.794. The van der Waals surface area contributed by atoms with Gasteiger partial charge in [0.15, 0.2) is 0 Å². The van der Waals surface area contributed by atoms with Crippen molar-refractivity contribution in [3.05, 3.63) is 48.0 Å². The summed E-state index contributed by atoms with van der Waals surface area (Å²) in [5.74, 6) is -0.142. The molecule has 1 fully saturated rings. The van der Waals surface area contributed by atoms with Crippen molar-refractivity contribution < 1.29 is 9.90 Å². The molecule has 1 unspecified atom stereocenters. The van der Waals surface area contributed by atoms with Crippen LogP contribution in [0.3, 0.4) is 0 Å². The molecule has 130 valence electrons. The minimum atomic E-state index is -0.763. The number of rotatable bonds is 4. The molecule has 24 heavy (non-hydrogen) atoms. The minimum Gasteiger partial charge on any atom is -0.387 e. The first-order chi connectivity index (χ1) is 11.1. The van der Waals surface area contributed by atoms with Gasteiger partial charge >= 0.3 is 0 Å². The van der Waals surface area contributed by atoms with E-state index in [1.807, 2.05) is 42.5 Å².